The second-order valence-corrected chi connectivity index (χ2v) is 4.35. The van der Waals surface area contributed by atoms with Crippen molar-refractivity contribution in [1.29, 1.82) is 0 Å². The molecule has 0 spiro atoms. The van der Waals surface area contributed by atoms with Crippen molar-refractivity contribution < 1.29 is 13.6 Å². The van der Waals surface area contributed by atoms with E-state index in [2.05, 4.69) is 0 Å². The van der Waals surface area contributed by atoms with Gasteiger partial charge in [-0.3, -0.25) is 4.79 Å². The molecule has 1 nitrogen and oxygen atoms in total. The smallest absolute Gasteiger partial charge is 0.196 e. The van der Waals surface area contributed by atoms with Crippen molar-refractivity contribution in [2.75, 3.05) is 0 Å². The van der Waals surface area contributed by atoms with E-state index in [0.717, 1.165) is 12.1 Å². The zero-order valence-electron chi connectivity index (χ0n) is 9.51. The van der Waals surface area contributed by atoms with Gasteiger partial charge in [0, 0.05) is 10.6 Å². The van der Waals surface area contributed by atoms with E-state index in [0.29, 0.717) is 5.56 Å². The zero-order chi connectivity index (χ0) is 13.3. The average molecular weight is 267 g/mol. The fourth-order valence-electron chi connectivity index (χ4n) is 1.66. The molecule has 92 valence electrons. The fraction of sp³-hybridized carbons (Fsp3) is 0.0714. The molecule has 0 aromatic heterocycles. The summed E-state index contributed by atoms with van der Waals surface area (Å²) in [5, 5.41) is 0.208. The summed E-state index contributed by atoms with van der Waals surface area (Å²) in [5.74, 6) is -1.80. The van der Waals surface area contributed by atoms with Gasteiger partial charge in [0.05, 0.1) is 5.56 Å². The molecule has 0 N–H and O–H groups in total. The van der Waals surface area contributed by atoms with Crippen LogP contribution in [0, 0.1) is 18.6 Å². The maximum Gasteiger partial charge on any atom is 0.196 e. The molecular weight excluding hydrogens is 258 g/mol. The lowest BCUT2D eigenvalue weighted by Gasteiger charge is -2.06. The van der Waals surface area contributed by atoms with Crippen LogP contribution >= 0.6 is 11.6 Å². The van der Waals surface area contributed by atoms with Crippen LogP contribution in [0.5, 0.6) is 0 Å². The Hall–Kier alpha value is -1.74. The van der Waals surface area contributed by atoms with Gasteiger partial charge in [-0.25, -0.2) is 8.78 Å². The van der Waals surface area contributed by atoms with Gasteiger partial charge in [0.1, 0.15) is 11.6 Å². The molecule has 0 atom stereocenters. The Bertz CT molecular complexity index is 623. The number of aryl methyl sites for hydroxylation is 1. The van der Waals surface area contributed by atoms with Gasteiger partial charge in [-0.2, -0.15) is 0 Å². The number of benzene rings is 2. The lowest BCUT2D eigenvalue weighted by molar-refractivity contribution is 0.103. The standard InChI is InChI=1S/C14H9ClF2O/c1-8-2-4-10(16)7-12(8)14(18)11-5-3-9(15)6-13(11)17/h2-7H,1H3. The van der Waals surface area contributed by atoms with E-state index in [1.165, 1.54) is 24.3 Å². The molecule has 2 aromatic carbocycles. The Labute approximate surface area is 108 Å². The number of ketones is 1. The highest BCUT2D eigenvalue weighted by Crippen LogP contribution is 2.20. The first kappa shape index (κ1) is 12.7. The lowest BCUT2D eigenvalue weighted by atomic mass is 9.99. The number of hydrogen-bond acceptors (Lipinski definition) is 1. The van der Waals surface area contributed by atoms with Crippen LogP contribution in [-0.4, -0.2) is 5.78 Å². The summed E-state index contributed by atoms with van der Waals surface area (Å²) < 4.78 is 26.7. The number of carbonyl (C=O) groups excluding carboxylic acids is 1. The maximum atomic E-state index is 13.6. The molecule has 0 aliphatic rings. The van der Waals surface area contributed by atoms with Gasteiger partial charge >= 0.3 is 0 Å². The summed E-state index contributed by atoms with van der Waals surface area (Å²) >= 11 is 5.61. The molecule has 0 radical (unpaired) electrons. The first-order chi connectivity index (χ1) is 8.49. The lowest BCUT2D eigenvalue weighted by Crippen LogP contribution is -2.06. The minimum Gasteiger partial charge on any atom is -0.288 e. The molecule has 0 saturated heterocycles. The van der Waals surface area contributed by atoms with Crippen LogP contribution in [-0.2, 0) is 0 Å². The van der Waals surface area contributed by atoms with E-state index >= 15 is 0 Å². The Morgan fingerprint density at radius 1 is 1.06 bits per heavy atom. The van der Waals surface area contributed by atoms with E-state index in [9.17, 15) is 13.6 Å². The Morgan fingerprint density at radius 3 is 2.44 bits per heavy atom. The summed E-state index contributed by atoms with van der Waals surface area (Å²) in [5.41, 5.74) is 0.625. The van der Waals surface area contributed by atoms with E-state index in [1.807, 2.05) is 0 Å². The summed E-state index contributed by atoms with van der Waals surface area (Å²) in [4.78, 5) is 12.1. The molecule has 0 unspecified atom stereocenters. The fourth-order valence-corrected chi connectivity index (χ4v) is 1.82. The average Bonchev–Trinajstić information content (AvgIpc) is 2.31. The van der Waals surface area contributed by atoms with Gasteiger partial charge < -0.3 is 0 Å². The van der Waals surface area contributed by atoms with Crippen molar-refractivity contribution in [3.8, 4) is 0 Å². The van der Waals surface area contributed by atoms with Crippen molar-refractivity contribution in [2.24, 2.45) is 0 Å². The monoisotopic (exact) mass is 266 g/mol. The van der Waals surface area contributed by atoms with Crippen molar-refractivity contribution in [3.05, 3.63) is 69.7 Å². The molecule has 0 bridgehead atoms. The molecule has 0 amide bonds. The largest absolute Gasteiger partial charge is 0.288 e. The van der Waals surface area contributed by atoms with Crippen LogP contribution in [0.1, 0.15) is 21.5 Å². The van der Waals surface area contributed by atoms with Gasteiger partial charge in [0.25, 0.3) is 0 Å². The highest BCUT2D eigenvalue weighted by molar-refractivity contribution is 6.30. The molecule has 0 saturated carbocycles. The highest BCUT2D eigenvalue weighted by atomic mass is 35.5. The number of halogens is 3. The van der Waals surface area contributed by atoms with Crippen LogP contribution < -0.4 is 0 Å². The minimum absolute atomic E-state index is 0.117. The van der Waals surface area contributed by atoms with Gasteiger partial charge in [-0.15, -0.1) is 0 Å². The summed E-state index contributed by atoms with van der Waals surface area (Å²) in [6.07, 6.45) is 0. The van der Waals surface area contributed by atoms with Gasteiger partial charge in [0.2, 0.25) is 0 Å². The van der Waals surface area contributed by atoms with Crippen LogP contribution in [0.2, 0.25) is 5.02 Å². The van der Waals surface area contributed by atoms with Crippen LogP contribution in [0.15, 0.2) is 36.4 Å². The Morgan fingerprint density at radius 2 is 1.78 bits per heavy atom. The maximum absolute atomic E-state index is 13.6. The van der Waals surface area contributed by atoms with Crippen molar-refractivity contribution >= 4 is 17.4 Å². The van der Waals surface area contributed by atoms with Crippen LogP contribution in [0.25, 0.3) is 0 Å². The van der Waals surface area contributed by atoms with Gasteiger partial charge in [-0.1, -0.05) is 17.7 Å². The molecule has 2 rings (SSSR count). The summed E-state index contributed by atoms with van der Waals surface area (Å²) in [6, 6.07) is 7.62. The number of hydrogen-bond donors (Lipinski definition) is 0. The third-order valence-corrected chi connectivity index (χ3v) is 2.86. The second-order valence-electron chi connectivity index (χ2n) is 3.91. The first-order valence-corrected chi connectivity index (χ1v) is 5.63. The summed E-state index contributed by atoms with van der Waals surface area (Å²) in [6.45, 7) is 1.67. The van der Waals surface area contributed by atoms with Gasteiger partial charge in [0.15, 0.2) is 5.78 Å². The normalized spacial score (nSPS) is 10.4. The zero-order valence-corrected chi connectivity index (χ0v) is 10.3. The van der Waals surface area contributed by atoms with Crippen LogP contribution in [0.3, 0.4) is 0 Å². The SMILES string of the molecule is Cc1ccc(F)cc1C(=O)c1ccc(Cl)cc1F. The predicted molar refractivity (Wildman–Crippen MR) is 66.0 cm³/mol. The van der Waals surface area contributed by atoms with Gasteiger partial charge in [-0.05, 0) is 42.8 Å². The number of rotatable bonds is 2. The molecule has 0 fully saturated rings. The quantitative estimate of drug-likeness (QED) is 0.746. The van der Waals surface area contributed by atoms with E-state index < -0.39 is 17.4 Å². The minimum atomic E-state index is -0.712. The topological polar surface area (TPSA) is 17.1 Å². The second kappa shape index (κ2) is 4.86. The molecule has 4 heteroatoms. The third kappa shape index (κ3) is 2.41. The molecule has 18 heavy (non-hydrogen) atoms. The van der Waals surface area contributed by atoms with Crippen molar-refractivity contribution in [1.82, 2.24) is 0 Å². The molecule has 2 aromatic rings. The highest BCUT2D eigenvalue weighted by Gasteiger charge is 2.16. The molecular formula is C14H9ClF2O. The molecule has 0 aliphatic heterocycles. The Balaban J connectivity index is 2.51. The van der Waals surface area contributed by atoms with Crippen molar-refractivity contribution in [2.45, 2.75) is 6.92 Å². The van der Waals surface area contributed by atoms with Crippen molar-refractivity contribution in [3.63, 3.8) is 0 Å². The van der Waals surface area contributed by atoms with E-state index in [1.54, 1.807) is 6.92 Å². The molecule has 0 aliphatic carbocycles. The Kier molecular flexibility index (Phi) is 3.43. The predicted octanol–water partition coefficient (Wildman–Crippen LogP) is 4.16. The van der Waals surface area contributed by atoms with Crippen LogP contribution in [0.4, 0.5) is 8.78 Å². The number of carbonyl (C=O) groups is 1. The third-order valence-electron chi connectivity index (χ3n) is 2.62. The molecule has 0 heterocycles. The van der Waals surface area contributed by atoms with E-state index in [4.69, 9.17) is 11.6 Å². The summed E-state index contributed by atoms with van der Waals surface area (Å²) in [7, 11) is 0. The first-order valence-electron chi connectivity index (χ1n) is 5.25. The van der Waals surface area contributed by atoms with E-state index in [-0.39, 0.29) is 16.1 Å².